The Hall–Kier alpha value is -2.75. The third kappa shape index (κ3) is 2.68. The summed E-state index contributed by atoms with van der Waals surface area (Å²) in [5.41, 5.74) is 2.85. The molecule has 112 valence electrons. The molecule has 0 radical (unpaired) electrons. The van der Waals surface area contributed by atoms with E-state index in [1.807, 2.05) is 31.4 Å². The molecule has 4 nitrogen and oxygen atoms in total. The van der Waals surface area contributed by atoms with E-state index in [-0.39, 0.29) is 5.91 Å². The summed E-state index contributed by atoms with van der Waals surface area (Å²) in [6, 6.07) is 15.3. The topological polar surface area (TPSA) is 45.3 Å². The van der Waals surface area contributed by atoms with E-state index in [4.69, 9.17) is 4.74 Å². The number of ether oxygens (including phenoxy) is 1. The van der Waals surface area contributed by atoms with Gasteiger partial charge in [0.25, 0.3) is 5.91 Å². The molecule has 0 aliphatic carbocycles. The van der Waals surface area contributed by atoms with Gasteiger partial charge >= 0.3 is 0 Å². The van der Waals surface area contributed by atoms with Crippen molar-refractivity contribution < 1.29 is 9.53 Å². The molecule has 0 spiro atoms. The van der Waals surface area contributed by atoms with E-state index in [9.17, 15) is 4.79 Å². The molecule has 1 heterocycles. The zero-order chi connectivity index (χ0) is 15.5. The number of aromatic amines is 1. The van der Waals surface area contributed by atoms with Crippen molar-refractivity contribution in [2.45, 2.75) is 6.54 Å². The van der Waals surface area contributed by atoms with Gasteiger partial charge in [-0.15, -0.1) is 0 Å². The number of nitrogens with zero attached hydrogens (tertiary/aromatic N) is 1. The van der Waals surface area contributed by atoms with Crippen LogP contribution in [0.15, 0.2) is 54.7 Å². The molecule has 2 aromatic carbocycles. The van der Waals surface area contributed by atoms with Gasteiger partial charge in [0, 0.05) is 36.3 Å². The van der Waals surface area contributed by atoms with Crippen LogP contribution in [0, 0.1) is 0 Å². The standard InChI is InChI=1S/C18H18N2O2/c1-20(18(21)13-7-9-15(22-2)10-8-13)12-14-11-19-17-6-4-3-5-16(14)17/h3-11,19H,12H2,1-2H3. The summed E-state index contributed by atoms with van der Waals surface area (Å²) in [4.78, 5) is 17.4. The van der Waals surface area contributed by atoms with Crippen molar-refractivity contribution in [1.29, 1.82) is 0 Å². The number of methoxy groups -OCH3 is 1. The maximum absolute atomic E-state index is 12.5. The fourth-order valence-corrected chi connectivity index (χ4v) is 2.54. The molecule has 0 bridgehead atoms. The second kappa shape index (κ2) is 5.93. The summed E-state index contributed by atoms with van der Waals surface area (Å²) in [7, 11) is 3.42. The first kappa shape index (κ1) is 14.2. The lowest BCUT2D eigenvalue weighted by Gasteiger charge is -2.17. The minimum absolute atomic E-state index is 0.00654. The molecule has 1 amide bonds. The second-order valence-corrected chi connectivity index (χ2v) is 5.25. The smallest absolute Gasteiger partial charge is 0.253 e. The lowest BCUT2D eigenvalue weighted by molar-refractivity contribution is 0.0785. The van der Waals surface area contributed by atoms with E-state index in [1.165, 1.54) is 0 Å². The molecule has 0 saturated heterocycles. The predicted octanol–water partition coefficient (Wildman–Crippen LogP) is 3.45. The molecule has 0 atom stereocenters. The molecule has 22 heavy (non-hydrogen) atoms. The van der Waals surface area contributed by atoms with Gasteiger partial charge in [0.05, 0.1) is 7.11 Å². The summed E-state index contributed by atoms with van der Waals surface area (Å²) in [5, 5.41) is 1.15. The van der Waals surface area contributed by atoms with Crippen molar-refractivity contribution in [3.63, 3.8) is 0 Å². The fraction of sp³-hybridized carbons (Fsp3) is 0.167. The van der Waals surface area contributed by atoms with Crippen molar-refractivity contribution in [1.82, 2.24) is 9.88 Å². The highest BCUT2D eigenvalue weighted by molar-refractivity contribution is 5.94. The van der Waals surface area contributed by atoms with E-state index in [0.29, 0.717) is 12.1 Å². The van der Waals surface area contributed by atoms with Gasteiger partial charge in [-0.3, -0.25) is 4.79 Å². The van der Waals surface area contributed by atoms with Gasteiger partial charge < -0.3 is 14.6 Å². The number of fused-ring (bicyclic) bond motifs is 1. The van der Waals surface area contributed by atoms with Crippen LogP contribution in [-0.2, 0) is 6.54 Å². The maximum Gasteiger partial charge on any atom is 0.253 e. The monoisotopic (exact) mass is 294 g/mol. The van der Waals surface area contributed by atoms with Crippen LogP contribution in [0.5, 0.6) is 5.75 Å². The Kier molecular flexibility index (Phi) is 3.83. The van der Waals surface area contributed by atoms with Crippen LogP contribution in [0.1, 0.15) is 15.9 Å². The van der Waals surface area contributed by atoms with Crippen LogP contribution in [0.2, 0.25) is 0 Å². The highest BCUT2D eigenvalue weighted by Gasteiger charge is 2.14. The molecule has 0 aliphatic heterocycles. The summed E-state index contributed by atoms with van der Waals surface area (Å²) in [6.07, 6.45) is 1.96. The first-order valence-electron chi connectivity index (χ1n) is 7.13. The first-order chi connectivity index (χ1) is 10.7. The quantitative estimate of drug-likeness (QED) is 0.801. The van der Waals surface area contributed by atoms with Crippen molar-refractivity contribution >= 4 is 16.8 Å². The zero-order valence-electron chi connectivity index (χ0n) is 12.7. The number of benzene rings is 2. The highest BCUT2D eigenvalue weighted by Crippen LogP contribution is 2.20. The number of amides is 1. The summed E-state index contributed by atoms with van der Waals surface area (Å²) >= 11 is 0. The number of para-hydroxylation sites is 1. The minimum atomic E-state index is -0.00654. The first-order valence-corrected chi connectivity index (χ1v) is 7.13. The van der Waals surface area contributed by atoms with Crippen LogP contribution < -0.4 is 4.74 Å². The number of rotatable bonds is 4. The van der Waals surface area contributed by atoms with Crippen molar-refractivity contribution in [3.8, 4) is 5.75 Å². The van der Waals surface area contributed by atoms with Gasteiger partial charge in [0.2, 0.25) is 0 Å². The summed E-state index contributed by atoms with van der Waals surface area (Å²) in [6.45, 7) is 0.564. The van der Waals surface area contributed by atoms with Crippen molar-refractivity contribution in [2.75, 3.05) is 14.2 Å². The van der Waals surface area contributed by atoms with E-state index in [1.54, 1.807) is 36.3 Å². The SMILES string of the molecule is COc1ccc(C(=O)N(C)Cc2c[nH]c3ccccc23)cc1. The minimum Gasteiger partial charge on any atom is -0.497 e. The predicted molar refractivity (Wildman–Crippen MR) is 87.1 cm³/mol. The maximum atomic E-state index is 12.5. The number of aromatic nitrogens is 1. The number of nitrogens with one attached hydrogen (secondary N) is 1. The Morgan fingerprint density at radius 2 is 1.86 bits per heavy atom. The third-order valence-electron chi connectivity index (χ3n) is 3.77. The largest absolute Gasteiger partial charge is 0.497 e. The van der Waals surface area contributed by atoms with E-state index >= 15 is 0 Å². The molecule has 1 aromatic heterocycles. The molecule has 1 N–H and O–H groups in total. The number of carbonyl (C=O) groups excluding carboxylic acids is 1. The molecule has 3 aromatic rings. The second-order valence-electron chi connectivity index (χ2n) is 5.25. The zero-order valence-corrected chi connectivity index (χ0v) is 12.7. The van der Waals surface area contributed by atoms with E-state index < -0.39 is 0 Å². The lowest BCUT2D eigenvalue weighted by Crippen LogP contribution is -2.26. The van der Waals surface area contributed by atoms with Crippen LogP contribution in [0.4, 0.5) is 0 Å². The third-order valence-corrected chi connectivity index (χ3v) is 3.77. The van der Waals surface area contributed by atoms with Crippen molar-refractivity contribution in [3.05, 3.63) is 65.9 Å². The van der Waals surface area contributed by atoms with Crippen LogP contribution in [-0.4, -0.2) is 29.9 Å². The van der Waals surface area contributed by atoms with E-state index in [0.717, 1.165) is 22.2 Å². The number of carbonyl (C=O) groups is 1. The number of hydrogen-bond donors (Lipinski definition) is 1. The molecule has 0 fully saturated rings. The Labute approximate surface area is 129 Å². The Balaban J connectivity index is 1.78. The fourth-order valence-electron chi connectivity index (χ4n) is 2.54. The molecule has 0 aliphatic rings. The summed E-state index contributed by atoms with van der Waals surface area (Å²) < 4.78 is 5.11. The van der Waals surface area contributed by atoms with Crippen LogP contribution in [0.25, 0.3) is 10.9 Å². The molecular weight excluding hydrogens is 276 g/mol. The molecule has 4 heteroatoms. The molecular formula is C18H18N2O2. The Bertz CT molecular complexity index is 790. The van der Waals surface area contributed by atoms with E-state index in [2.05, 4.69) is 11.1 Å². The average Bonchev–Trinajstić information content (AvgIpc) is 2.97. The van der Waals surface area contributed by atoms with Gasteiger partial charge in [-0.25, -0.2) is 0 Å². The van der Waals surface area contributed by atoms with Crippen LogP contribution >= 0.6 is 0 Å². The normalized spacial score (nSPS) is 10.6. The number of H-pyrrole nitrogens is 1. The Morgan fingerprint density at radius 3 is 2.59 bits per heavy atom. The Morgan fingerprint density at radius 1 is 1.14 bits per heavy atom. The van der Waals surface area contributed by atoms with Gasteiger partial charge in [0.15, 0.2) is 0 Å². The van der Waals surface area contributed by atoms with Crippen LogP contribution in [0.3, 0.4) is 0 Å². The van der Waals surface area contributed by atoms with Crippen molar-refractivity contribution in [2.24, 2.45) is 0 Å². The van der Waals surface area contributed by atoms with Gasteiger partial charge in [-0.2, -0.15) is 0 Å². The summed E-state index contributed by atoms with van der Waals surface area (Å²) in [5.74, 6) is 0.740. The lowest BCUT2D eigenvalue weighted by atomic mass is 10.1. The molecule has 0 saturated carbocycles. The van der Waals surface area contributed by atoms with Gasteiger partial charge in [-0.05, 0) is 35.9 Å². The van der Waals surface area contributed by atoms with Gasteiger partial charge in [-0.1, -0.05) is 18.2 Å². The average molecular weight is 294 g/mol. The number of hydrogen-bond acceptors (Lipinski definition) is 2. The molecule has 3 rings (SSSR count). The highest BCUT2D eigenvalue weighted by atomic mass is 16.5. The molecule has 0 unspecified atom stereocenters. The van der Waals surface area contributed by atoms with Gasteiger partial charge in [0.1, 0.15) is 5.75 Å².